The van der Waals surface area contributed by atoms with Gasteiger partial charge in [0.25, 0.3) is 5.91 Å². The van der Waals surface area contributed by atoms with E-state index in [1.165, 1.54) is 19.2 Å². The molecule has 1 heterocycles. The van der Waals surface area contributed by atoms with Crippen LogP contribution < -0.4 is 20.3 Å². The number of hydrogen-bond acceptors (Lipinski definition) is 8. The number of nitrogens with one attached hydrogen (secondary N) is 2. The van der Waals surface area contributed by atoms with Crippen molar-refractivity contribution < 1.29 is 14.5 Å². The maximum Gasteiger partial charge on any atom is 0.311 e. The molecule has 38 heavy (non-hydrogen) atoms. The van der Waals surface area contributed by atoms with Crippen molar-refractivity contribution in [3.05, 3.63) is 75.8 Å². The number of thiocarbonyl (C=S) groups is 1. The third-order valence-corrected chi connectivity index (χ3v) is 6.25. The lowest BCUT2D eigenvalue weighted by atomic mass is 10.1. The van der Waals surface area contributed by atoms with Crippen LogP contribution in [0.25, 0.3) is 16.7 Å². The lowest BCUT2D eigenvalue weighted by molar-refractivity contribution is -0.385. The van der Waals surface area contributed by atoms with Crippen molar-refractivity contribution in [1.29, 1.82) is 0 Å². The molecule has 0 saturated heterocycles. The Bertz CT molecular complexity index is 1510. The van der Waals surface area contributed by atoms with Gasteiger partial charge in [-0.1, -0.05) is 0 Å². The molecule has 4 aromatic rings. The number of anilines is 2. The predicted molar refractivity (Wildman–Crippen MR) is 150 cm³/mol. The number of benzene rings is 3. The second-order valence-corrected chi connectivity index (χ2v) is 8.79. The van der Waals surface area contributed by atoms with Crippen LogP contribution in [0, 0.1) is 17.0 Å². The number of carbonyl (C=O) groups is 1. The lowest BCUT2D eigenvalue weighted by Gasteiger charge is -2.20. The summed E-state index contributed by atoms with van der Waals surface area (Å²) in [6.07, 6.45) is 0. The molecule has 0 fully saturated rings. The van der Waals surface area contributed by atoms with Gasteiger partial charge >= 0.3 is 5.69 Å². The number of fused-ring (bicyclic) bond motifs is 1. The molecule has 0 aliphatic rings. The van der Waals surface area contributed by atoms with Gasteiger partial charge in [-0.05, 0) is 87.1 Å². The van der Waals surface area contributed by atoms with Crippen molar-refractivity contribution in [2.45, 2.75) is 20.8 Å². The maximum atomic E-state index is 12.7. The highest BCUT2D eigenvalue weighted by Gasteiger charge is 2.19. The van der Waals surface area contributed by atoms with Gasteiger partial charge in [-0.3, -0.25) is 20.2 Å². The van der Waals surface area contributed by atoms with Gasteiger partial charge in [0, 0.05) is 36.1 Å². The largest absolute Gasteiger partial charge is 0.490 e. The van der Waals surface area contributed by atoms with E-state index in [9.17, 15) is 14.9 Å². The summed E-state index contributed by atoms with van der Waals surface area (Å²) in [5.41, 5.74) is 4.57. The molecule has 4 rings (SSSR count). The minimum atomic E-state index is -0.614. The molecule has 3 aromatic carbocycles. The zero-order valence-electron chi connectivity index (χ0n) is 21.4. The summed E-state index contributed by atoms with van der Waals surface area (Å²) in [5.74, 6) is -0.532. The molecule has 1 amide bonds. The Morgan fingerprint density at radius 1 is 1.08 bits per heavy atom. The molecule has 196 valence electrons. The topological polar surface area (TPSA) is 127 Å². The fourth-order valence-electron chi connectivity index (χ4n) is 4.01. The van der Waals surface area contributed by atoms with Gasteiger partial charge in [-0.15, -0.1) is 10.2 Å². The number of nitro benzene ring substituents is 1. The minimum absolute atomic E-state index is 0.0373. The fourth-order valence-corrected chi connectivity index (χ4v) is 4.21. The summed E-state index contributed by atoms with van der Waals surface area (Å²) in [5, 5.41) is 26.1. The third-order valence-electron chi connectivity index (χ3n) is 6.05. The molecule has 0 aliphatic heterocycles. The smallest absolute Gasteiger partial charge is 0.311 e. The van der Waals surface area contributed by atoms with Gasteiger partial charge in [0.05, 0.1) is 17.7 Å². The SMILES string of the molecule is CCN(CC)c1ccc(-n2nc3cc(C)c(NC(=S)NC(=O)c4ccc(OC)c([N+](=O)[O-])c4)cc3n2)cc1. The van der Waals surface area contributed by atoms with Crippen molar-refractivity contribution in [2.24, 2.45) is 0 Å². The van der Waals surface area contributed by atoms with E-state index >= 15 is 0 Å². The molecule has 2 N–H and O–H groups in total. The highest BCUT2D eigenvalue weighted by Crippen LogP contribution is 2.28. The van der Waals surface area contributed by atoms with E-state index in [4.69, 9.17) is 17.0 Å². The molecule has 0 saturated carbocycles. The Hall–Kier alpha value is -4.58. The molecule has 0 radical (unpaired) electrons. The molecule has 0 bridgehead atoms. The highest BCUT2D eigenvalue weighted by molar-refractivity contribution is 7.80. The first kappa shape index (κ1) is 26.5. The average molecular weight is 534 g/mol. The second kappa shape index (κ2) is 11.2. The van der Waals surface area contributed by atoms with Crippen molar-refractivity contribution in [2.75, 3.05) is 30.4 Å². The number of nitro groups is 1. The fraction of sp³-hybridized carbons (Fsp3) is 0.231. The summed E-state index contributed by atoms with van der Waals surface area (Å²) in [4.78, 5) is 27.1. The van der Waals surface area contributed by atoms with Crippen LogP contribution in [0.4, 0.5) is 17.1 Å². The zero-order valence-corrected chi connectivity index (χ0v) is 22.2. The first-order valence-corrected chi connectivity index (χ1v) is 12.3. The van der Waals surface area contributed by atoms with Gasteiger partial charge in [0.1, 0.15) is 11.0 Å². The summed E-state index contributed by atoms with van der Waals surface area (Å²) in [6, 6.07) is 15.7. The zero-order chi connectivity index (χ0) is 27.4. The quantitative estimate of drug-likeness (QED) is 0.189. The molecule has 0 aliphatic carbocycles. The minimum Gasteiger partial charge on any atom is -0.490 e. The first-order chi connectivity index (χ1) is 18.2. The van der Waals surface area contributed by atoms with Crippen LogP contribution in [-0.4, -0.2) is 51.1 Å². The van der Waals surface area contributed by atoms with Gasteiger partial charge in [-0.2, -0.15) is 4.80 Å². The summed E-state index contributed by atoms with van der Waals surface area (Å²) < 4.78 is 4.98. The van der Waals surface area contributed by atoms with Gasteiger partial charge in [0.2, 0.25) is 0 Å². The number of amides is 1. The van der Waals surface area contributed by atoms with E-state index in [1.54, 1.807) is 10.9 Å². The monoisotopic (exact) mass is 533 g/mol. The number of ether oxygens (including phenoxy) is 1. The van der Waals surface area contributed by atoms with Crippen molar-refractivity contribution in [1.82, 2.24) is 20.3 Å². The normalized spacial score (nSPS) is 10.7. The number of aryl methyl sites for hydroxylation is 1. The number of aromatic nitrogens is 3. The van der Waals surface area contributed by atoms with Crippen molar-refractivity contribution in [3.63, 3.8) is 0 Å². The average Bonchev–Trinajstić information content (AvgIpc) is 3.32. The molecule has 0 atom stereocenters. The van der Waals surface area contributed by atoms with Crippen LogP contribution >= 0.6 is 12.2 Å². The Balaban J connectivity index is 1.50. The van der Waals surface area contributed by atoms with Crippen LogP contribution in [0.1, 0.15) is 29.8 Å². The molecule has 0 spiro atoms. The standard InChI is InChI=1S/C26H27N7O4S/c1-5-31(6-2)18-8-10-19(11-9-18)32-29-21-13-16(3)20(15-22(21)30-32)27-26(38)28-25(34)17-7-12-24(37-4)23(14-17)33(35)36/h7-15H,5-6H2,1-4H3,(H2,27,28,34,38). The van der Waals surface area contributed by atoms with Crippen LogP contribution in [0.5, 0.6) is 5.75 Å². The van der Waals surface area contributed by atoms with E-state index in [0.29, 0.717) is 16.7 Å². The van der Waals surface area contributed by atoms with Gasteiger partial charge in [0.15, 0.2) is 10.9 Å². The molecule has 1 aromatic heterocycles. The Kier molecular flexibility index (Phi) is 7.82. The van der Waals surface area contributed by atoms with Crippen LogP contribution in [0.15, 0.2) is 54.6 Å². The summed E-state index contributed by atoms with van der Waals surface area (Å²) in [7, 11) is 1.32. The second-order valence-electron chi connectivity index (χ2n) is 8.39. The maximum absolute atomic E-state index is 12.7. The highest BCUT2D eigenvalue weighted by atomic mass is 32.1. The number of carbonyl (C=O) groups excluding carboxylic acids is 1. The van der Waals surface area contributed by atoms with Crippen molar-refractivity contribution in [3.8, 4) is 11.4 Å². The Morgan fingerprint density at radius 2 is 1.74 bits per heavy atom. The lowest BCUT2D eigenvalue weighted by Crippen LogP contribution is -2.34. The van der Waals surface area contributed by atoms with E-state index < -0.39 is 10.8 Å². The van der Waals surface area contributed by atoms with Crippen LogP contribution in [-0.2, 0) is 0 Å². The summed E-state index contributed by atoms with van der Waals surface area (Å²) in [6.45, 7) is 7.98. The first-order valence-electron chi connectivity index (χ1n) is 11.9. The Labute approximate surface area is 224 Å². The predicted octanol–water partition coefficient (Wildman–Crippen LogP) is 4.62. The van der Waals surface area contributed by atoms with Crippen molar-refractivity contribution >= 4 is 51.3 Å². The molecular weight excluding hydrogens is 506 g/mol. The van der Waals surface area contributed by atoms with E-state index in [2.05, 4.69) is 39.6 Å². The number of rotatable bonds is 8. The molecular formula is C26H27N7O4S. The van der Waals surface area contributed by atoms with Crippen LogP contribution in [0.2, 0.25) is 0 Å². The number of methoxy groups -OCH3 is 1. The van der Waals surface area contributed by atoms with Gasteiger partial charge in [-0.25, -0.2) is 0 Å². The summed E-state index contributed by atoms with van der Waals surface area (Å²) >= 11 is 5.32. The molecule has 0 unspecified atom stereocenters. The molecule has 12 heteroatoms. The van der Waals surface area contributed by atoms with Gasteiger partial charge < -0.3 is 15.0 Å². The van der Waals surface area contributed by atoms with E-state index in [1.807, 2.05) is 37.3 Å². The molecule has 11 nitrogen and oxygen atoms in total. The number of nitrogens with zero attached hydrogens (tertiary/aromatic N) is 5. The number of hydrogen-bond donors (Lipinski definition) is 2. The Morgan fingerprint density at radius 3 is 2.34 bits per heavy atom. The third kappa shape index (κ3) is 5.54. The van der Waals surface area contributed by atoms with Crippen LogP contribution in [0.3, 0.4) is 0 Å². The van der Waals surface area contributed by atoms with E-state index in [-0.39, 0.29) is 22.1 Å². The van der Waals surface area contributed by atoms with E-state index in [0.717, 1.165) is 36.1 Å².